The Morgan fingerprint density at radius 3 is 2.80 bits per heavy atom. The Bertz CT molecular complexity index is 419. The lowest BCUT2D eigenvalue weighted by atomic mass is 10.1. The fourth-order valence-electron chi connectivity index (χ4n) is 3.11. The first-order valence-electron chi connectivity index (χ1n) is 8.01. The summed E-state index contributed by atoms with van der Waals surface area (Å²) in [4.78, 5) is 2.42. The summed E-state index contributed by atoms with van der Waals surface area (Å²) in [6.07, 6.45) is 6.19. The molecule has 0 spiro atoms. The lowest BCUT2D eigenvalue weighted by molar-refractivity contribution is 0.553. The Labute approximate surface area is 122 Å². The second-order valence-electron chi connectivity index (χ2n) is 5.70. The molecule has 112 valence electrons. The van der Waals surface area contributed by atoms with Crippen molar-refractivity contribution in [2.24, 2.45) is 0 Å². The van der Waals surface area contributed by atoms with Crippen LogP contribution in [0.4, 0.5) is 10.1 Å². The third kappa shape index (κ3) is 3.95. The monoisotopic (exact) mass is 278 g/mol. The molecule has 0 aromatic heterocycles. The van der Waals surface area contributed by atoms with E-state index in [9.17, 15) is 4.39 Å². The highest BCUT2D eigenvalue weighted by Gasteiger charge is 2.20. The highest BCUT2D eigenvalue weighted by Crippen LogP contribution is 2.27. The molecule has 1 aromatic carbocycles. The predicted molar refractivity (Wildman–Crippen MR) is 83.7 cm³/mol. The van der Waals surface area contributed by atoms with Crippen molar-refractivity contribution in [1.29, 1.82) is 0 Å². The normalized spacial score (nSPS) is 19.9. The Morgan fingerprint density at radius 1 is 1.20 bits per heavy atom. The summed E-state index contributed by atoms with van der Waals surface area (Å²) in [6.45, 7) is 7.02. The number of benzene rings is 1. The largest absolute Gasteiger partial charge is 0.368 e. The predicted octanol–water partition coefficient (Wildman–Crippen LogP) is 4.09. The van der Waals surface area contributed by atoms with Crippen LogP contribution in [0.1, 0.15) is 51.5 Å². The molecule has 1 heterocycles. The van der Waals surface area contributed by atoms with Crippen molar-refractivity contribution in [3.63, 3.8) is 0 Å². The number of anilines is 1. The van der Waals surface area contributed by atoms with Gasteiger partial charge >= 0.3 is 0 Å². The molecule has 1 unspecified atom stereocenters. The van der Waals surface area contributed by atoms with Gasteiger partial charge in [-0.2, -0.15) is 0 Å². The molecule has 2 nitrogen and oxygen atoms in total. The van der Waals surface area contributed by atoms with Crippen LogP contribution in [-0.4, -0.2) is 19.1 Å². The van der Waals surface area contributed by atoms with Gasteiger partial charge in [-0.1, -0.05) is 26.7 Å². The van der Waals surface area contributed by atoms with Crippen LogP contribution in [0, 0.1) is 5.82 Å². The molecule has 0 saturated carbocycles. The molecule has 1 fully saturated rings. The zero-order chi connectivity index (χ0) is 14.4. The first kappa shape index (κ1) is 15.3. The first-order chi connectivity index (χ1) is 9.74. The minimum absolute atomic E-state index is 0.116. The molecule has 3 heteroatoms. The van der Waals surface area contributed by atoms with E-state index < -0.39 is 0 Å². The summed E-state index contributed by atoms with van der Waals surface area (Å²) in [6, 6.07) is 6.06. The van der Waals surface area contributed by atoms with E-state index in [0.717, 1.165) is 37.3 Å². The van der Waals surface area contributed by atoms with Gasteiger partial charge in [-0.05, 0) is 49.6 Å². The molecular formula is C17H27FN2. The van der Waals surface area contributed by atoms with Crippen LogP contribution >= 0.6 is 0 Å². The molecule has 20 heavy (non-hydrogen) atoms. The van der Waals surface area contributed by atoms with Crippen LogP contribution < -0.4 is 10.2 Å². The third-order valence-corrected chi connectivity index (χ3v) is 4.20. The van der Waals surface area contributed by atoms with Crippen LogP contribution in [0.15, 0.2) is 18.2 Å². The van der Waals surface area contributed by atoms with E-state index in [1.54, 1.807) is 12.1 Å². The van der Waals surface area contributed by atoms with E-state index in [2.05, 4.69) is 30.1 Å². The van der Waals surface area contributed by atoms with Gasteiger partial charge in [0.15, 0.2) is 0 Å². The first-order valence-corrected chi connectivity index (χ1v) is 8.01. The number of hydrogen-bond acceptors (Lipinski definition) is 2. The van der Waals surface area contributed by atoms with Gasteiger partial charge in [0, 0.05) is 24.8 Å². The summed E-state index contributed by atoms with van der Waals surface area (Å²) in [5, 5.41) is 3.27. The number of hydrogen-bond donors (Lipinski definition) is 1. The van der Waals surface area contributed by atoms with Crippen LogP contribution in [-0.2, 0) is 6.54 Å². The van der Waals surface area contributed by atoms with E-state index in [1.165, 1.54) is 25.7 Å². The minimum Gasteiger partial charge on any atom is -0.368 e. The maximum absolute atomic E-state index is 13.9. The third-order valence-electron chi connectivity index (χ3n) is 4.20. The van der Waals surface area contributed by atoms with Crippen molar-refractivity contribution in [2.45, 2.75) is 58.5 Å². The molecule has 0 aliphatic carbocycles. The van der Waals surface area contributed by atoms with Gasteiger partial charge in [0.05, 0.1) is 0 Å². The Morgan fingerprint density at radius 2 is 2.05 bits per heavy atom. The van der Waals surface area contributed by atoms with Gasteiger partial charge in [-0.15, -0.1) is 0 Å². The number of nitrogens with one attached hydrogen (secondary N) is 1. The van der Waals surface area contributed by atoms with Crippen molar-refractivity contribution in [3.8, 4) is 0 Å². The van der Waals surface area contributed by atoms with E-state index in [0.29, 0.717) is 6.04 Å². The molecule has 1 aliphatic heterocycles. The van der Waals surface area contributed by atoms with Gasteiger partial charge in [0.1, 0.15) is 5.82 Å². The molecule has 1 N–H and O–H groups in total. The van der Waals surface area contributed by atoms with Crippen LogP contribution in [0.25, 0.3) is 0 Å². The van der Waals surface area contributed by atoms with E-state index in [1.807, 2.05) is 0 Å². The molecule has 0 bridgehead atoms. The smallest absolute Gasteiger partial charge is 0.125 e. The van der Waals surface area contributed by atoms with E-state index in [-0.39, 0.29) is 5.82 Å². The second-order valence-corrected chi connectivity index (χ2v) is 5.70. The zero-order valence-corrected chi connectivity index (χ0v) is 12.8. The fraction of sp³-hybridized carbons (Fsp3) is 0.647. The van der Waals surface area contributed by atoms with Crippen LogP contribution in [0.5, 0.6) is 0 Å². The summed E-state index contributed by atoms with van der Waals surface area (Å²) < 4.78 is 13.9. The summed E-state index contributed by atoms with van der Waals surface area (Å²) in [7, 11) is 0. The van der Waals surface area contributed by atoms with Gasteiger partial charge in [0.2, 0.25) is 0 Å². The summed E-state index contributed by atoms with van der Waals surface area (Å²) in [5.41, 5.74) is 2.10. The van der Waals surface area contributed by atoms with Crippen molar-refractivity contribution in [1.82, 2.24) is 5.32 Å². The van der Waals surface area contributed by atoms with Crippen molar-refractivity contribution >= 4 is 5.69 Å². The summed E-state index contributed by atoms with van der Waals surface area (Å²) in [5.74, 6) is -0.116. The SMILES string of the molecule is CCNCc1cc(F)cc(N2CCCCCC2CC)c1. The summed E-state index contributed by atoms with van der Waals surface area (Å²) >= 11 is 0. The number of halogens is 1. The molecule has 1 aromatic rings. The van der Waals surface area contributed by atoms with Gasteiger partial charge in [-0.25, -0.2) is 4.39 Å². The topological polar surface area (TPSA) is 15.3 Å². The maximum Gasteiger partial charge on any atom is 0.125 e. The Kier molecular flexibility index (Phi) is 5.84. The minimum atomic E-state index is -0.116. The van der Waals surface area contributed by atoms with Crippen LogP contribution in [0.3, 0.4) is 0 Å². The molecule has 1 saturated heterocycles. The van der Waals surface area contributed by atoms with Gasteiger partial charge < -0.3 is 10.2 Å². The fourth-order valence-corrected chi connectivity index (χ4v) is 3.11. The van der Waals surface area contributed by atoms with Gasteiger partial charge in [0.25, 0.3) is 0 Å². The molecule has 2 rings (SSSR count). The second kappa shape index (κ2) is 7.63. The Hall–Kier alpha value is -1.09. The zero-order valence-electron chi connectivity index (χ0n) is 12.8. The lowest BCUT2D eigenvalue weighted by Crippen LogP contribution is -2.34. The molecule has 0 amide bonds. The van der Waals surface area contributed by atoms with Crippen molar-refractivity contribution in [2.75, 3.05) is 18.0 Å². The quantitative estimate of drug-likeness (QED) is 0.872. The lowest BCUT2D eigenvalue weighted by Gasteiger charge is -2.32. The molecule has 1 aliphatic rings. The average Bonchev–Trinajstić information content (AvgIpc) is 2.69. The highest BCUT2D eigenvalue weighted by atomic mass is 19.1. The maximum atomic E-state index is 13.9. The van der Waals surface area contributed by atoms with Crippen molar-refractivity contribution in [3.05, 3.63) is 29.6 Å². The van der Waals surface area contributed by atoms with Crippen LogP contribution in [0.2, 0.25) is 0 Å². The van der Waals surface area contributed by atoms with Crippen molar-refractivity contribution < 1.29 is 4.39 Å². The van der Waals surface area contributed by atoms with E-state index >= 15 is 0 Å². The van der Waals surface area contributed by atoms with E-state index in [4.69, 9.17) is 0 Å². The highest BCUT2D eigenvalue weighted by molar-refractivity contribution is 5.50. The molecule has 1 atom stereocenters. The molecule has 0 radical (unpaired) electrons. The standard InChI is InChI=1S/C17H27FN2/c1-3-16-8-6-5-7-9-20(16)17-11-14(13-19-4-2)10-15(18)12-17/h10-12,16,19H,3-9,13H2,1-2H3. The van der Waals surface area contributed by atoms with Gasteiger partial charge in [-0.3, -0.25) is 0 Å². The Balaban J connectivity index is 2.22. The number of nitrogens with zero attached hydrogens (tertiary/aromatic N) is 1. The molecular weight excluding hydrogens is 251 g/mol. The average molecular weight is 278 g/mol. The number of rotatable bonds is 5.